The Balaban J connectivity index is 2.27. The standard InChI is InChI=1S/C12H15NO2/c1-3-13-12(10-6-7-14-8-10)11-5-4-9(2)15-11/h4-8,12-13H,3H2,1-2H3. The molecule has 0 fully saturated rings. The summed E-state index contributed by atoms with van der Waals surface area (Å²) >= 11 is 0. The van der Waals surface area contributed by atoms with Crippen LogP contribution in [-0.2, 0) is 0 Å². The van der Waals surface area contributed by atoms with Crippen molar-refractivity contribution in [3.63, 3.8) is 0 Å². The topological polar surface area (TPSA) is 38.3 Å². The molecule has 1 unspecified atom stereocenters. The van der Waals surface area contributed by atoms with Crippen LogP contribution in [0.4, 0.5) is 0 Å². The number of furan rings is 2. The van der Waals surface area contributed by atoms with Gasteiger partial charge in [-0.2, -0.15) is 0 Å². The third-order valence-electron chi connectivity index (χ3n) is 2.33. The second-order valence-corrected chi connectivity index (χ2v) is 3.50. The Morgan fingerprint density at radius 2 is 2.20 bits per heavy atom. The van der Waals surface area contributed by atoms with E-state index < -0.39 is 0 Å². The molecule has 0 saturated carbocycles. The molecule has 0 aliphatic rings. The number of aryl methyl sites for hydroxylation is 1. The quantitative estimate of drug-likeness (QED) is 0.834. The minimum Gasteiger partial charge on any atom is -0.472 e. The summed E-state index contributed by atoms with van der Waals surface area (Å²) in [4.78, 5) is 0. The molecule has 0 amide bonds. The highest BCUT2D eigenvalue weighted by Crippen LogP contribution is 2.23. The Kier molecular flexibility index (Phi) is 2.92. The third kappa shape index (κ3) is 2.13. The SMILES string of the molecule is CCNC(c1ccoc1)c1ccc(C)o1. The van der Waals surface area contributed by atoms with Crippen molar-refractivity contribution >= 4 is 0 Å². The zero-order valence-electron chi connectivity index (χ0n) is 8.99. The summed E-state index contributed by atoms with van der Waals surface area (Å²) in [5.41, 5.74) is 1.09. The molecule has 1 atom stereocenters. The van der Waals surface area contributed by atoms with Crippen molar-refractivity contribution in [2.45, 2.75) is 19.9 Å². The monoisotopic (exact) mass is 205 g/mol. The first kappa shape index (κ1) is 10.1. The third-order valence-corrected chi connectivity index (χ3v) is 2.33. The maximum Gasteiger partial charge on any atom is 0.125 e. The Morgan fingerprint density at radius 1 is 1.33 bits per heavy atom. The van der Waals surface area contributed by atoms with Crippen LogP contribution in [0.5, 0.6) is 0 Å². The van der Waals surface area contributed by atoms with E-state index in [9.17, 15) is 0 Å². The maximum atomic E-state index is 5.62. The molecule has 0 saturated heterocycles. The van der Waals surface area contributed by atoms with E-state index in [1.165, 1.54) is 0 Å². The van der Waals surface area contributed by atoms with Gasteiger partial charge in [-0.05, 0) is 31.7 Å². The van der Waals surface area contributed by atoms with E-state index in [0.29, 0.717) is 0 Å². The Labute approximate surface area is 89.1 Å². The Bertz CT molecular complexity index is 403. The van der Waals surface area contributed by atoms with E-state index in [1.807, 2.05) is 25.1 Å². The van der Waals surface area contributed by atoms with Gasteiger partial charge in [-0.3, -0.25) is 0 Å². The molecule has 2 aromatic rings. The highest BCUT2D eigenvalue weighted by atomic mass is 16.3. The number of rotatable bonds is 4. The molecule has 15 heavy (non-hydrogen) atoms. The van der Waals surface area contributed by atoms with Crippen LogP contribution in [0.1, 0.15) is 30.0 Å². The van der Waals surface area contributed by atoms with E-state index >= 15 is 0 Å². The molecule has 0 bridgehead atoms. The largest absolute Gasteiger partial charge is 0.472 e. The lowest BCUT2D eigenvalue weighted by molar-refractivity contribution is 0.432. The molecule has 1 N–H and O–H groups in total. The van der Waals surface area contributed by atoms with Gasteiger partial charge in [0, 0.05) is 5.56 Å². The number of nitrogens with one attached hydrogen (secondary N) is 1. The van der Waals surface area contributed by atoms with Gasteiger partial charge in [-0.1, -0.05) is 6.92 Å². The van der Waals surface area contributed by atoms with E-state index in [-0.39, 0.29) is 6.04 Å². The summed E-state index contributed by atoms with van der Waals surface area (Å²) in [6.07, 6.45) is 3.42. The Morgan fingerprint density at radius 3 is 2.73 bits per heavy atom. The zero-order chi connectivity index (χ0) is 10.7. The molecule has 0 aliphatic carbocycles. The van der Waals surface area contributed by atoms with Crippen LogP contribution in [0.2, 0.25) is 0 Å². The van der Waals surface area contributed by atoms with Gasteiger partial charge in [0.05, 0.1) is 18.6 Å². The van der Waals surface area contributed by atoms with Crippen molar-refractivity contribution in [2.24, 2.45) is 0 Å². The highest BCUT2D eigenvalue weighted by molar-refractivity contribution is 5.23. The molecule has 2 rings (SSSR count). The summed E-state index contributed by atoms with van der Waals surface area (Å²) in [7, 11) is 0. The van der Waals surface area contributed by atoms with Crippen molar-refractivity contribution in [1.29, 1.82) is 0 Å². The minimum atomic E-state index is 0.0856. The molecule has 0 spiro atoms. The van der Waals surface area contributed by atoms with Crippen LogP contribution in [-0.4, -0.2) is 6.54 Å². The lowest BCUT2D eigenvalue weighted by Gasteiger charge is -2.13. The van der Waals surface area contributed by atoms with Crippen molar-refractivity contribution in [3.8, 4) is 0 Å². The average Bonchev–Trinajstić information content (AvgIpc) is 2.85. The fourth-order valence-corrected chi connectivity index (χ4v) is 1.63. The van der Waals surface area contributed by atoms with Gasteiger partial charge in [0.15, 0.2) is 0 Å². The normalized spacial score (nSPS) is 12.9. The molecule has 3 heteroatoms. The van der Waals surface area contributed by atoms with Crippen molar-refractivity contribution in [1.82, 2.24) is 5.32 Å². The van der Waals surface area contributed by atoms with Crippen molar-refractivity contribution < 1.29 is 8.83 Å². The molecule has 80 valence electrons. The molecule has 2 aromatic heterocycles. The van der Waals surface area contributed by atoms with Crippen molar-refractivity contribution in [2.75, 3.05) is 6.54 Å². The van der Waals surface area contributed by atoms with E-state index in [2.05, 4.69) is 12.2 Å². The van der Waals surface area contributed by atoms with Crippen LogP contribution in [0.3, 0.4) is 0 Å². The highest BCUT2D eigenvalue weighted by Gasteiger charge is 2.17. The molecule has 0 aromatic carbocycles. The predicted octanol–water partition coefficient (Wildman–Crippen LogP) is 2.88. The lowest BCUT2D eigenvalue weighted by Crippen LogP contribution is -2.20. The fourth-order valence-electron chi connectivity index (χ4n) is 1.63. The maximum absolute atomic E-state index is 5.62. The van der Waals surface area contributed by atoms with Gasteiger partial charge in [-0.25, -0.2) is 0 Å². The summed E-state index contributed by atoms with van der Waals surface area (Å²) in [6, 6.07) is 6.00. The van der Waals surface area contributed by atoms with Gasteiger partial charge in [0.1, 0.15) is 11.5 Å². The molecule has 2 heterocycles. The summed E-state index contributed by atoms with van der Waals surface area (Å²) in [5, 5.41) is 3.36. The van der Waals surface area contributed by atoms with Crippen molar-refractivity contribution in [3.05, 3.63) is 47.8 Å². The van der Waals surface area contributed by atoms with E-state index in [4.69, 9.17) is 8.83 Å². The smallest absolute Gasteiger partial charge is 0.125 e. The number of hydrogen-bond acceptors (Lipinski definition) is 3. The van der Waals surface area contributed by atoms with Gasteiger partial charge < -0.3 is 14.2 Å². The van der Waals surface area contributed by atoms with Crippen LogP contribution in [0.25, 0.3) is 0 Å². The Hall–Kier alpha value is -1.48. The average molecular weight is 205 g/mol. The molecular weight excluding hydrogens is 190 g/mol. The van der Waals surface area contributed by atoms with E-state index in [0.717, 1.165) is 23.6 Å². The predicted molar refractivity (Wildman–Crippen MR) is 57.7 cm³/mol. The zero-order valence-corrected chi connectivity index (χ0v) is 8.99. The first-order chi connectivity index (χ1) is 7.31. The van der Waals surface area contributed by atoms with Gasteiger partial charge >= 0.3 is 0 Å². The van der Waals surface area contributed by atoms with Gasteiger partial charge in [0.25, 0.3) is 0 Å². The van der Waals surface area contributed by atoms with Gasteiger partial charge in [0.2, 0.25) is 0 Å². The van der Waals surface area contributed by atoms with Crippen LogP contribution in [0.15, 0.2) is 39.6 Å². The number of hydrogen-bond donors (Lipinski definition) is 1. The van der Waals surface area contributed by atoms with Crippen LogP contribution >= 0.6 is 0 Å². The summed E-state index contributed by atoms with van der Waals surface area (Å²) in [6.45, 7) is 4.90. The minimum absolute atomic E-state index is 0.0856. The van der Waals surface area contributed by atoms with Gasteiger partial charge in [-0.15, -0.1) is 0 Å². The first-order valence-corrected chi connectivity index (χ1v) is 5.13. The van der Waals surface area contributed by atoms with Crippen LogP contribution in [0, 0.1) is 6.92 Å². The first-order valence-electron chi connectivity index (χ1n) is 5.13. The van der Waals surface area contributed by atoms with Crippen LogP contribution < -0.4 is 5.32 Å². The summed E-state index contributed by atoms with van der Waals surface area (Å²) in [5.74, 6) is 1.85. The second kappa shape index (κ2) is 4.36. The summed E-state index contributed by atoms with van der Waals surface area (Å²) < 4.78 is 10.7. The second-order valence-electron chi connectivity index (χ2n) is 3.50. The lowest BCUT2D eigenvalue weighted by atomic mass is 10.1. The molecular formula is C12H15NO2. The fraction of sp³-hybridized carbons (Fsp3) is 0.333. The molecule has 0 radical (unpaired) electrons. The molecule has 3 nitrogen and oxygen atoms in total. The molecule has 0 aliphatic heterocycles. The van der Waals surface area contributed by atoms with E-state index in [1.54, 1.807) is 12.5 Å².